The fourth-order valence-corrected chi connectivity index (χ4v) is 4.26. The molecule has 2 aromatic heterocycles. The molecule has 1 amide bonds. The summed E-state index contributed by atoms with van der Waals surface area (Å²) in [6.07, 6.45) is 8.53. The lowest BCUT2D eigenvalue weighted by Gasteiger charge is -2.13. The number of carbonyl (C=O) groups is 1. The van der Waals surface area contributed by atoms with Crippen LogP contribution in [0.25, 0.3) is 5.00 Å². The van der Waals surface area contributed by atoms with Gasteiger partial charge in [-0.15, -0.1) is 11.3 Å². The lowest BCUT2D eigenvalue weighted by molar-refractivity contribution is 0.0922. The molecule has 22 heavy (non-hydrogen) atoms. The Hall–Kier alpha value is -1.59. The van der Waals surface area contributed by atoms with E-state index in [0.717, 1.165) is 23.4 Å². The van der Waals surface area contributed by atoms with E-state index in [1.54, 1.807) is 11.3 Å². The first-order valence-corrected chi connectivity index (χ1v) is 8.76. The summed E-state index contributed by atoms with van der Waals surface area (Å²) in [5, 5.41) is 4.05. The molecular weight excluding hydrogens is 296 g/mol. The van der Waals surface area contributed by atoms with Crippen LogP contribution in [-0.4, -0.2) is 30.2 Å². The van der Waals surface area contributed by atoms with Gasteiger partial charge in [-0.2, -0.15) is 0 Å². The summed E-state index contributed by atoms with van der Waals surface area (Å²) in [6.45, 7) is 3.76. The van der Waals surface area contributed by atoms with Crippen LogP contribution in [-0.2, 0) is 17.6 Å². The van der Waals surface area contributed by atoms with E-state index in [-0.39, 0.29) is 5.91 Å². The Morgan fingerprint density at radius 3 is 2.86 bits per heavy atom. The highest BCUT2D eigenvalue weighted by atomic mass is 32.1. The average molecular weight is 318 g/mol. The first-order chi connectivity index (χ1) is 10.8. The largest absolute Gasteiger partial charge is 0.380 e. The maximum absolute atomic E-state index is 12.7. The first-order valence-electron chi connectivity index (χ1n) is 7.95. The summed E-state index contributed by atoms with van der Waals surface area (Å²) in [4.78, 5) is 14.1. The Morgan fingerprint density at radius 1 is 1.32 bits per heavy atom. The number of rotatable bonds is 6. The van der Waals surface area contributed by atoms with Crippen molar-refractivity contribution < 1.29 is 9.53 Å². The number of nitrogens with zero attached hydrogens (tertiary/aromatic N) is 1. The smallest absolute Gasteiger partial charge is 0.254 e. The van der Waals surface area contributed by atoms with Gasteiger partial charge in [-0.05, 0) is 50.3 Å². The molecule has 0 saturated carbocycles. The minimum Gasteiger partial charge on any atom is -0.380 e. The van der Waals surface area contributed by atoms with Crippen LogP contribution in [0.4, 0.5) is 0 Å². The van der Waals surface area contributed by atoms with Crippen LogP contribution in [0.5, 0.6) is 0 Å². The van der Waals surface area contributed by atoms with Crippen molar-refractivity contribution in [1.29, 1.82) is 0 Å². The predicted octanol–water partition coefficient (Wildman–Crippen LogP) is 3.18. The molecule has 0 spiro atoms. The average Bonchev–Trinajstić information content (AvgIpc) is 3.17. The molecule has 5 heteroatoms. The molecule has 3 rings (SSSR count). The number of hydrogen-bond acceptors (Lipinski definition) is 3. The topological polar surface area (TPSA) is 43.3 Å². The lowest BCUT2D eigenvalue weighted by Crippen LogP contribution is -2.28. The number of nitrogens with one attached hydrogen (secondary N) is 1. The molecule has 1 aliphatic rings. The van der Waals surface area contributed by atoms with Gasteiger partial charge in [0.05, 0.1) is 12.2 Å². The van der Waals surface area contributed by atoms with Gasteiger partial charge < -0.3 is 14.6 Å². The second kappa shape index (κ2) is 7.11. The second-order valence-corrected chi connectivity index (χ2v) is 6.52. The van der Waals surface area contributed by atoms with Crippen LogP contribution in [0.1, 0.15) is 40.6 Å². The van der Waals surface area contributed by atoms with Crippen molar-refractivity contribution in [3.05, 3.63) is 40.5 Å². The third kappa shape index (κ3) is 3.10. The summed E-state index contributed by atoms with van der Waals surface area (Å²) in [5.74, 6) is 0.0304. The molecule has 1 N–H and O–H groups in total. The SMILES string of the molecule is CCOCCNC(=O)c1c(-n2cccc2)sc2c1CCCC2. The van der Waals surface area contributed by atoms with E-state index < -0.39 is 0 Å². The lowest BCUT2D eigenvalue weighted by atomic mass is 9.95. The van der Waals surface area contributed by atoms with Gasteiger partial charge in [0, 0.05) is 30.4 Å². The summed E-state index contributed by atoms with van der Waals surface area (Å²) in [5.41, 5.74) is 2.13. The molecule has 0 unspecified atom stereocenters. The highest BCUT2D eigenvalue weighted by molar-refractivity contribution is 7.15. The van der Waals surface area contributed by atoms with Crippen LogP contribution >= 0.6 is 11.3 Å². The van der Waals surface area contributed by atoms with Gasteiger partial charge in [0.25, 0.3) is 5.91 Å². The molecule has 0 bridgehead atoms. The van der Waals surface area contributed by atoms with E-state index in [9.17, 15) is 4.79 Å². The zero-order chi connectivity index (χ0) is 15.4. The van der Waals surface area contributed by atoms with E-state index in [1.165, 1.54) is 23.3 Å². The number of aromatic nitrogens is 1. The molecule has 0 aromatic carbocycles. The molecular formula is C17H22N2O2S. The van der Waals surface area contributed by atoms with E-state index in [2.05, 4.69) is 9.88 Å². The Kier molecular flexibility index (Phi) is 4.95. The van der Waals surface area contributed by atoms with Crippen molar-refractivity contribution >= 4 is 17.2 Å². The molecule has 4 nitrogen and oxygen atoms in total. The van der Waals surface area contributed by atoms with Gasteiger partial charge in [0.2, 0.25) is 0 Å². The molecule has 118 valence electrons. The van der Waals surface area contributed by atoms with Crippen LogP contribution < -0.4 is 5.32 Å². The minimum absolute atomic E-state index is 0.0304. The van der Waals surface area contributed by atoms with Crippen molar-refractivity contribution in [2.45, 2.75) is 32.6 Å². The number of fused-ring (bicyclic) bond motifs is 1. The van der Waals surface area contributed by atoms with Crippen LogP contribution in [0.2, 0.25) is 0 Å². The number of amides is 1. The highest BCUT2D eigenvalue weighted by Gasteiger charge is 2.25. The van der Waals surface area contributed by atoms with Gasteiger partial charge >= 0.3 is 0 Å². The molecule has 0 atom stereocenters. The number of hydrogen-bond donors (Lipinski definition) is 1. The second-order valence-electron chi connectivity index (χ2n) is 5.43. The van der Waals surface area contributed by atoms with Crippen LogP contribution in [0.15, 0.2) is 24.5 Å². The summed E-state index contributed by atoms with van der Waals surface area (Å²) in [6, 6.07) is 3.99. The van der Waals surface area contributed by atoms with Crippen molar-refractivity contribution in [2.75, 3.05) is 19.8 Å². The Labute approximate surface area is 135 Å². The van der Waals surface area contributed by atoms with Crippen molar-refractivity contribution in [3.8, 4) is 5.00 Å². The summed E-state index contributed by atoms with van der Waals surface area (Å²) in [7, 11) is 0. The quantitative estimate of drug-likeness (QED) is 0.831. The Bertz CT molecular complexity index is 631. The van der Waals surface area contributed by atoms with E-state index in [1.807, 2.05) is 31.5 Å². The zero-order valence-electron chi connectivity index (χ0n) is 12.9. The van der Waals surface area contributed by atoms with Gasteiger partial charge in [0.15, 0.2) is 0 Å². The first kappa shape index (κ1) is 15.3. The number of ether oxygens (including phenoxy) is 1. The van der Waals surface area contributed by atoms with E-state index >= 15 is 0 Å². The van der Waals surface area contributed by atoms with Gasteiger partial charge in [0.1, 0.15) is 5.00 Å². The standard InChI is InChI=1S/C17H22N2O2S/c1-2-21-12-9-18-16(20)15-13-7-3-4-8-14(13)22-17(15)19-10-5-6-11-19/h5-6,10-11H,2-4,7-9,12H2,1H3,(H,18,20). The van der Waals surface area contributed by atoms with Gasteiger partial charge in [-0.25, -0.2) is 0 Å². The molecule has 1 aliphatic carbocycles. The van der Waals surface area contributed by atoms with Crippen molar-refractivity contribution in [1.82, 2.24) is 9.88 Å². The molecule has 0 saturated heterocycles. The summed E-state index contributed by atoms with van der Waals surface area (Å²) >= 11 is 1.76. The zero-order valence-corrected chi connectivity index (χ0v) is 13.7. The Morgan fingerprint density at radius 2 is 2.09 bits per heavy atom. The predicted molar refractivity (Wildman–Crippen MR) is 89.1 cm³/mol. The molecule has 2 aromatic rings. The fraction of sp³-hybridized carbons (Fsp3) is 0.471. The van der Waals surface area contributed by atoms with Crippen molar-refractivity contribution in [3.63, 3.8) is 0 Å². The molecule has 0 aliphatic heterocycles. The minimum atomic E-state index is 0.0304. The highest BCUT2D eigenvalue weighted by Crippen LogP contribution is 2.36. The van der Waals surface area contributed by atoms with Crippen LogP contribution in [0, 0.1) is 0 Å². The fourth-order valence-electron chi connectivity index (χ4n) is 2.91. The third-order valence-corrected chi connectivity index (χ3v) is 5.26. The monoisotopic (exact) mass is 318 g/mol. The number of thiophene rings is 1. The Balaban J connectivity index is 1.87. The molecule has 0 fully saturated rings. The van der Waals surface area contributed by atoms with E-state index in [0.29, 0.717) is 19.8 Å². The number of aryl methyl sites for hydroxylation is 1. The van der Waals surface area contributed by atoms with Crippen LogP contribution in [0.3, 0.4) is 0 Å². The normalized spacial score (nSPS) is 13.9. The third-order valence-electron chi connectivity index (χ3n) is 3.95. The van der Waals surface area contributed by atoms with Crippen molar-refractivity contribution in [2.24, 2.45) is 0 Å². The van der Waals surface area contributed by atoms with E-state index in [4.69, 9.17) is 4.74 Å². The summed E-state index contributed by atoms with van der Waals surface area (Å²) < 4.78 is 7.36. The van der Waals surface area contributed by atoms with Gasteiger partial charge in [-0.3, -0.25) is 4.79 Å². The molecule has 0 radical (unpaired) electrons. The maximum atomic E-state index is 12.7. The maximum Gasteiger partial charge on any atom is 0.254 e. The molecule has 2 heterocycles. The van der Waals surface area contributed by atoms with Gasteiger partial charge in [-0.1, -0.05) is 0 Å². The number of carbonyl (C=O) groups excluding carboxylic acids is 1.